The fraction of sp³-hybridized carbons (Fsp3) is 0.400. The molecule has 9 heteroatoms. The van der Waals surface area contributed by atoms with Gasteiger partial charge in [0.1, 0.15) is 11.5 Å². The molecule has 1 aliphatic carbocycles. The minimum atomic E-state index is -3.56. The molecular weight excluding hydrogens is 454 g/mol. The number of furan rings is 2. The van der Waals surface area contributed by atoms with Crippen LogP contribution in [0.25, 0.3) is 0 Å². The largest absolute Gasteiger partial charge is 0.468 e. The molecule has 1 amide bonds. The molecule has 0 bridgehead atoms. The van der Waals surface area contributed by atoms with E-state index in [0.717, 1.165) is 36.3 Å². The van der Waals surface area contributed by atoms with Crippen LogP contribution in [-0.2, 0) is 40.7 Å². The molecule has 0 spiro atoms. The van der Waals surface area contributed by atoms with Crippen molar-refractivity contribution in [3.8, 4) is 0 Å². The van der Waals surface area contributed by atoms with Gasteiger partial charge in [0.05, 0.1) is 37.1 Å². The molecular formula is C25H29N3O5S. The summed E-state index contributed by atoms with van der Waals surface area (Å²) in [5.41, 5.74) is 2.39. The van der Waals surface area contributed by atoms with Gasteiger partial charge in [-0.2, -0.15) is 4.31 Å². The fourth-order valence-corrected chi connectivity index (χ4v) is 6.21. The maximum Gasteiger partial charge on any atom is 0.243 e. The third kappa shape index (κ3) is 4.96. The lowest BCUT2D eigenvalue weighted by atomic mass is 10.1. The zero-order valence-electron chi connectivity index (χ0n) is 19.1. The molecule has 1 aliphatic heterocycles. The summed E-state index contributed by atoms with van der Waals surface area (Å²) < 4.78 is 38.8. The Morgan fingerprint density at radius 3 is 2.15 bits per heavy atom. The van der Waals surface area contributed by atoms with E-state index in [1.165, 1.54) is 9.87 Å². The van der Waals surface area contributed by atoms with Gasteiger partial charge in [-0.15, -0.1) is 0 Å². The van der Waals surface area contributed by atoms with Crippen LogP contribution < -0.4 is 0 Å². The van der Waals surface area contributed by atoms with Gasteiger partial charge in [0.2, 0.25) is 15.9 Å². The average molecular weight is 484 g/mol. The maximum absolute atomic E-state index is 13.2. The van der Waals surface area contributed by atoms with Crippen LogP contribution in [0.5, 0.6) is 0 Å². The summed E-state index contributed by atoms with van der Waals surface area (Å²) in [7, 11) is -3.56. The Hall–Kier alpha value is -2.88. The topological polar surface area (TPSA) is 87.2 Å². The number of aryl methyl sites for hydroxylation is 2. The first-order valence-corrected chi connectivity index (χ1v) is 13.1. The van der Waals surface area contributed by atoms with Crippen LogP contribution in [-0.4, -0.2) is 61.2 Å². The van der Waals surface area contributed by atoms with Crippen molar-refractivity contribution in [3.05, 3.63) is 77.6 Å². The molecule has 1 aromatic carbocycles. The Balaban J connectivity index is 1.20. The SMILES string of the molecule is O=C(CN(Cc1ccco1)Cc1ccco1)N1CCN(S(=O)(=O)c2ccc3c(c2)CCC3)CC1. The van der Waals surface area contributed by atoms with Crippen LogP contribution >= 0.6 is 0 Å². The van der Waals surface area contributed by atoms with Crippen molar-refractivity contribution in [1.82, 2.24) is 14.1 Å². The van der Waals surface area contributed by atoms with Crippen molar-refractivity contribution in [2.75, 3.05) is 32.7 Å². The second-order valence-corrected chi connectivity index (χ2v) is 10.8. The number of piperazine rings is 1. The number of sulfonamides is 1. The highest BCUT2D eigenvalue weighted by Crippen LogP contribution is 2.27. The Labute approximate surface area is 199 Å². The molecule has 8 nitrogen and oxygen atoms in total. The molecule has 1 saturated heterocycles. The highest BCUT2D eigenvalue weighted by Gasteiger charge is 2.31. The Bertz CT molecular complexity index is 1180. The highest BCUT2D eigenvalue weighted by molar-refractivity contribution is 7.89. The number of amides is 1. The van der Waals surface area contributed by atoms with E-state index < -0.39 is 10.0 Å². The number of hydrogen-bond acceptors (Lipinski definition) is 6. The number of fused-ring (bicyclic) bond motifs is 1. The summed E-state index contributed by atoms with van der Waals surface area (Å²) in [6.07, 6.45) is 6.27. The third-order valence-electron chi connectivity index (χ3n) is 6.58. The summed E-state index contributed by atoms with van der Waals surface area (Å²) in [4.78, 5) is 17.1. The van der Waals surface area contributed by atoms with Crippen molar-refractivity contribution >= 4 is 15.9 Å². The van der Waals surface area contributed by atoms with E-state index in [1.54, 1.807) is 23.5 Å². The summed E-state index contributed by atoms with van der Waals surface area (Å²) in [6, 6.07) is 12.9. The van der Waals surface area contributed by atoms with Crippen molar-refractivity contribution < 1.29 is 22.0 Å². The molecule has 0 saturated carbocycles. The standard InChI is InChI=1S/C25H29N3O5S/c29-25(19-26(17-22-6-2-14-32-22)18-23-7-3-15-33-23)27-10-12-28(13-11-27)34(30,31)24-9-8-20-4-1-5-21(20)16-24/h2-3,6-9,14-16H,1,4-5,10-13,17-19H2. The van der Waals surface area contributed by atoms with Gasteiger partial charge in [0.25, 0.3) is 0 Å². The first-order chi connectivity index (χ1) is 16.5. The summed E-state index contributed by atoms with van der Waals surface area (Å²) >= 11 is 0. The summed E-state index contributed by atoms with van der Waals surface area (Å²) in [6.45, 7) is 2.48. The molecule has 180 valence electrons. The third-order valence-corrected chi connectivity index (χ3v) is 8.47. The molecule has 2 aromatic heterocycles. The monoisotopic (exact) mass is 483 g/mol. The van der Waals surface area contributed by atoms with Crippen molar-refractivity contribution in [2.24, 2.45) is 0 Å². The molecule has 5 rings (SSSR count). The lowest BCUT2D eigenvalue weighted by Crippen LogP contribution is -2.52. The number of nitrogens with zero attached hydrogens (tertiary/aromatic N) is 3. The van der Waals surface area contributed by atoms with E-state index in [2.05, 4.69) is 0 Å². The van der Waals surface area contributed by atoms with Gasteiger partial charge in [-0.1, -0.05) is 6.07 Å². The number of benzene rings is 1. The zero-order chi connectivity index (χ0) is 23.5. The second kappa shape index (κ2) is 9.77. The predicted octanol–water partition coefficient (Wildman–Crippen LogP) is 2.90. The van der Waals surface area contributed by atoms with Gasteiger partial charge >= 0.3 is 0 Å². The lowest BCUT2D eigenvalue weighted by Gasteiger charge is -2.35. The van der Waals surface area contributed by atoms with Crippen LogP contribution in [0.15, 0.2) is 68.7 Å². The first-order valence-electron chi connectivity index (χ1n) is 11.7. The minimum absolute atomic E-state index is 0.0345. The summed E-state index contributed by atoms with van der Waals surface area (Å²) in [5.74, 6) is 1.50. The van der Waals surface area contributed by atoms with Crippen LogP contribution in [0.3, 0.4) is 0 Å². The van der Waals surface area contributed by atoms with Gasteiger partial charge < -0.3 is 13.7 Å². The molecule has 34 heavy (non-hydrogen) atoms. The molecule has 0 unspecified atom stereocenters. The molecule has 1 fully saturated rings. The molecule has 0 radical (unpaired) electrons. The average Bonchev–Trinajstić information content (AvgIpc) is 3.62. The van der Waals surface area contributed by atoms with Gasteiger partial charge in [0, 0.05) is 26.2 Å². The number of carbonyl (C=O) groups excluding carboxylic acids is 1. The minimum Gasteiger partial charge on any atom is -0.468 e. The quantitative estimate of drug-likeness (QED) is 0.490. The van der Waals surface area contributed by atoms with E-state index >= 15 is 0 Å². The van der Waals surface area contributed by atoms with Gasteiger partial charge in [0.15, 0.2) is 0 Å². The van der Waals surface area contributed by atoms with Crippen molar-refractivity contribution in [2.45, 2.75) is 37.2 Å². The van der Waals surface area contributed by atoms with Gasteiger partial charge in [-0.25, -0.2) is 8.42 Å². The van der Waals surface area contributed by atoms with Crippen LogP contribution in [0, 0.1) is 0 Å². The van der Waals surface area contributed by atoms with Crippen molar-refractivity contribution in [3.63, 3.8) is 0 Å². The van der Waals surface area contributed by atoms with E-state index in [1.807, 2.05) is 41.3 Å². The molecule has 0 N–H and O–H groups in total. The van der Waals surface area contributed by atoms with E-state index in [4.69, 9.17) is 8.83 Å². The van der Waals surface area contributed by atoms with Crippen LogP contribution in [0.2, 0.25) is 0 Å². The van der Waals surface area contributed by atoms with Gasteiger partial charge in [-0.3, -0.25) is 9.69 Å². The van der Waals surface area contributed by atoms with E-state index in [9.17, 15) is 13.2 Å². The Kier molecular flexibility index (Phi) is 6.58. The van der Waals surface area contributed by atoms with Crippen LogP contribution in [0.1, 0.15) is 29.1 Å². The number of carbonyl (C=O) groups is 1. The first kappa shape index (κ1) is 22.9. The molecule has 3 aromatic rings. The zero-order valence-corrected chi connectivity index (χ0v) is 19.9. The lowest BCUT2D eigenvalue weighted by molar-refractivity contribution is -0.134. The molecule has 0 atom stereocenters. The smallest absolute Gasteiger partial charge is 0.243 e. The van der Waals surface area contributed by atoms with Crippen molar-refractivity contribution in [1.29, 1.82) is 0 Å². The molecule has 3 heterocycles. The Morgan fingerprint density at radius 1 is 0.882 bits per heavy atom. The molecule has 2 aliphatic rings. The Morgan fingerprint density at radius 2 is 1.53 bits per heavy atom. The number of hydrogen-bond donors (Lipinski definition) is 0. The highest BCUT2D eigenvalue weighted by atomic mass is 32.2. The second-order valence-electron chi connectivity index (χ2n) is 8.87. The van der Waals surface area contributed by atoms with Gasteiger partial charge in [-0.05, 0) is 66.8 Å². The summed E-state index contributed by atoms with van der Waals surface area (Å²) in [5, 5.41) is 0. The normalized spacial score (nSPS) is 16.8. The fourth-order valence-electron chi connectivity index (χ4n) is 4.74. The number of rotatable bonds is 8. The van der Waals surface area contributed by atoms with Crippen LogP contribution in [0.4, 0.5) is 0 Å². The predicted molar refractivity (Wildman–Crippen MR) is 125 cm³/mol. The van der Waals surface area contributed by atoms with E-state index in [0.29, 0.717) is 44.2 Å². The van der Waals surface area contributed by atoms with E-state index in [-0.39, 0.29) is 12.5 Å². The maximum atomic E-state index is 13.2.